The van der Waals surface area contributed by atoms with Crippen LogP contribution in [-0.2, 0) is 0 Å². The maximum absolute atomic E-state index is 2.84. The molecular weight excluding hydrogens is 492 g/mol. The third-order valence-corrected chi connectivity index (χ3v) is 14.4. The van der Waals surface area contributed by atoms with Crippen LogP contribution in [0.3, 0.4) is 0 Å². The van der Waals surface area contributed by atoms with E-state index < -0.39 is 0 Å². The maximum Gasteiger partial charge on any atom is -0.0230 e. The molecule has 0 heterocycles. The highest BCUT2D eigenvalue weighted by Crippen LogP contribution is 2.77. The minimum absolute atomic E-state index is 0.635. The third kappa shape index (κ3) is 7.99. The molecule has 240 valence electrons. The van der Waals surface area contributed by atoms with Crippen LogP contribution in [0.25, 0.3) is 0 Å². The van der Waals surface area contributed by atoms with Crippen molar-refractivity contribution < 1.29 is 0 Å². The zero-order chi connectivity index (χ0) is 29.5. The summed E-state index contributed by atoms with van der Waals surface area (Å²) < 4.78 is 0. The van der Waals surface area contributed by atoms with Crippen LogP contribution in [0.2, 0.25) is 0 Å². The zero-order valence-electron chi connectivity index (χ0n) is 29.5. The van der Waals surface area contributed by atoms with Crippen LogP contribution in [0.4, 0.5) is 0 Å². The number of hydrogen-bond acceptors (Lipinski definition) is 0. The van der Waals surface area contributed by atoms with Gasteiger partial charge in [-0.1, -0.05) is 151 Å². The summed E-state index contributed by atoms with van der Waals surface area (Å²) in [6.45, 7) is 17.9. The fraction of sp³-hybridized carbons (Fsp3) is 1.00. The molecule has 0 aromatic rings. The smallest absolute Gasteiger partial charge is 0.0230 e. The predicted octanol–water partition coefficient (Wildman–Crippen LogP) is 13.7. The Morgan fingerprint density at radius 1 is 0.683 bits per heavy atom. The van der Waals surface area contributed by atoms with Gasteiger partial charge in [-0.2, -0.15) is 0 Å². The molecule has 0 aliphatic heterocycles. The second kappa shape index (κ2) is 15.8. The van der Waals surface area contributed by atoms with Crippen molar-refractivity contribution in [3.8, 4) is 0 Å². The molecule has 5 aliphatic rings. The van der Waals surface area contributed by atoms with Gasteiger partial charge in [0.05, 0.1) is 0 Å². The summed E-state index contributed by atoms with van der Waals surface area (Å²) in [5.41, 5.74) is 1.47. The Morgan fingerprint density at radius 2 is 1.32 bits per heavy atom. The Labute approximate surface area is 259 Å². The van der Waals surface area contributed by atoms with E-state index in [-0.39, 0.29) is 0 Å². The summed E-state index contributed by atoms with van der Waals surface area (Å²) >= 11 is 0. The van der Waals surface area contributed by atoms with Crippen molar-refractivity contribution in [1.82, 2.24) is 0 Å². The number of unbranched alkanes of at least 4 members (excludes halogenated alkanes) is 9. The van der Waals surface area contributed by atoms with Gasteiger partial charge in [0.2, 0.25) is 0 Å². The van der Waals surface area contributed by atoms with E-state index in [1.54, 1.807) is 32.1 Å². The molecule has 41 heavy (non-hydrogen) atoms. The van der Waals surface area contributed by atoms with E-state index in [0.717, 1.165) is 58.7 Å². The van der Waals surface area contributed by atoms with Gasteiger partial charge in [-0.15, -0.1) is 0 Å². The van der Waals surface area contributed by atoms with Crippen LogP contribution in [0, 0.1) is 64.1 Å². The first kappa shape index (κ1) is 33.9. The van der Waals surface area contributed by atoms with Crippen molar-refractivity contribution in [2.24, 2.45) is 64.1 Å². The lowest BCUT2D eigenvalue weighted by Gasteiger charge is -2.43. The van der Waals surface area contributed by atoms with Gasteiger partial charge in [0.1, 0.15) is 0 Å². The van der Waals surface area contributed by atoms with Crippen molar-refractivity contribution in [3.05, 3.63) is 0 Å². The normalized spacial score (nSPS) is 37.8. The summed E-state index contributed by atoms with van der Waals surface area (Å²) in [6, 6.07) is 0. The van der Waals surface area contributed by atoms with E-state index in [0.29, 0.717) is 5.41 Å². The molecule has 0 aromatic heterocycles. The van der Waals surface area contributed by atoms with E-state index in [4.69, 9.17) is 0 Å². The highest BCUT2D eigenvalue weighted by Gasteiger charge is 2.70. The Morgan fingerprint density at radius 3 is 2.02 bits per heavy atom. The van der Waals surface area contributed by atoms with E-state index in [2.05, 4.69) is 48.5 Å². The molecule has 5 rings (SSSR count). The number of fused-ring (bicyclic) bond motifs is 3. The lowest BCUT2D eigenvalue weighted by molar-refractivity contribution is 0.0661. The Bertz CT molecular complexity index is 730. The second-order valence-electron chi connectivity index (χ2n) is 17.2. The summed E-state index contributed by atoms with van der Waals surface area (Å²) in [4.78, 5) is 0. The van der Waals surface area contributed by atoms with Gasteiger partial charge in [0.25, 0.3) is 0 Å². The quantitative estimate of drug-likeness (QED) is 0.114. The fourth-order valence-corrected chi connectivity index (χ4v) is 11.7. The molecule has 9 atom stereocenters. The molecule has 1 spiro atoms. The largest absolute Gasteiger partial charge is 0.0654 e. The lowest BCUT2D eigenvalue weighted by atomic mass is 9.62. The summed E-state index contributed by atoms with van der Waals surface area (Å²) in [6.07, 6.45) is 34.4. The van der Waals surface area contributed by atoms with E-state index in [9.17, 15) is 0 Å². The summed E-state index contributed by atoms with van der Waals surface area (Å²) in [5.74, 6) is 9.25. The van der Waals surface area contributed by atoms with Gasteiger partial charge >= 0.3 is 0 Å². The maximum atomic E-state index is 2.84. The zero-order valence-corrected chi connectivity index (χ0v) is 29.5. The van der Waals surface area contributed by atoms with Crippen LogP contribution >= 0.6 is 0 Å². The molecule has 0 heteroatoms. The molecule has 0 N–H and O–H groups in total. The summed E-state index contributed by atoms with van der Waals surface area (Å²) in [5, 5.41) is 0. The third-order valence-electron chi connectivity index (χ3n) is 14.4. The molecule has 0 nitrogen and oxygen atoms in total. The van der Waals surface area contributed by atoms with Gasteiger partial charge in [0, 0.05) is 0 Å². The highest BCUT2D eigenvalue weighted by atomic mass is 14.7. The molecule has 2 bridgehead atoms. The van der Waals surface area contributed by atoms with Crippen molar-refractivity contribution in [1.29, 1.82) is 0 Å². The molecule has 0 amide bonds. The molecule has 5 fully saturated rings. The lowest BCUT2D eigenvalue weighted by Crippen LogP contribution is -2.34. The van der Waals surface area contributed by atoms with Gasteiger partial charge in [0.15, 0.2) is 0 Å². The van der Waals surface area contributed by atoms with Crippen LogP contribution in [0.15, 0.2) is 0 Å². The number of rotatable bonds is 22. The minimum atomic E-state index is 0.635. The van der Waals surface area contributed by atoms with E-state index in [1.807, 2.05) is 0 Å². The average Bonchev–Trinajstić information content (AvgIpc) is 3.75. The van der Waals surface area contributed by atoms with Crippen molar-refractivity contribution in [3.63, 3.8) is 0 Å². The molecule has 0 aromatic carbocycles. The SMILES string of the molecule is CCCCCCCC(C)CC(CCC1C2CCCC(C)C3CC21C3)C1(C)C(CCCCCC)C1C(C)CCCCC. The summed E-state index contributed by atoms with van der Waals surface area (Å²) in [7, 11) is 0. The molecule has 5 aliphatic carbocycles. The monoisotopic (exact) mass is 569 g/mol. The van der Waals surface area contributed by atoms with Gasteiger partial charge in [-0.3, -0.25) is 0 Å². The molecular formula is C41H76. The highest BCUT2D eigenvalue weighted by molar-refractivity contribution is 5.18. The second-order valence-corrected chi connectivity index (χ2v) is 17.2. The minimum Gasteiger partial charge on any atom is -0.0654 e. The molecule has 5 saturated carbocycles. The van der Waals surface area contributed by atoms with Crippen LogP contribution in [0.5, 0.6) is 0 Å². The topological polar surface area (TPSA) is 0 Å². The molecule has 0 radical (unpaired) electrons. The van der Waals surface area contributed by atoms with Crippen LogP contribution in [-0.4, -0.2) is 0 Å². The van der Waals surface area contributed by atoms with Gasteiger partial charge in [-0.05, 0) is 109 Å². The van der Waals surface area contributed by atoms with Gasteiger partial charge < -0.3 is 0 Å². The Hall–Kier alpha value is 0. The van der Waals surface area contributed by atoms with Crippen LogP contribution < -0.4 is 0 Å². The van der Waals surface area contributed by atoms with Gasteiger partial charge in [-0.25, -0.2) is 0 Å². The van der Waals surface area contributed by atoms with E-state index in [1.165, 1.54) is 116 Å². The van der Waals surface area contributed by atoms with E-state index >= 15 is 0 Å². The predicted molar refractivity (Wildman–Crippen MR) is 182 cm³/mol. The first-order valence-corrected chi connectivity index (χ1v) is 19.8. The Balaban J connectivity index is 1.42. The first-order chi connectivity index (χ1) is 19.8. The molecule has 9 unspecified atom stereocenters. The van der Waals surface area contributed by atoms with Crippen molar-refractivity contribution in [2.45, 2.75) is 196 Å². The standard InChI is InChI=1S/C41H76/c1-8-11-14-16-18-21-31(4)28-35(26-27-37-36-25-20-23-32(5)34-29-41(36,37)30-34)40(7)38(24-19-15-12-9-2)39(40)33(6)22-17-13-10-3/h31-39H,8-30H2,1-7H3. The van der Waals surface area contributed by atoms with Crippen molar-refractivity contribution in [2.75, 3.05) is 0 Å². The first-order valence-electron chi connectivity index (χ1n) is 19.8. The fourth-order valence-electron chi connectivity index (χ4n) is 11.7. The average molecular weight is 569 g/mol. The number of hydrogen-bond donors (Lipinski definition) is 0. The Kier molecular flexibility index (Phi) is 13.1. The molecule has 0 saturated heterocycles. The van der Waals surface area contributed by atoms with Crippen LogP contribution in [0.1, 0.15) is 196 Å². The van der Waals surface area contributed by atoms with Crippen molar-refractivity contribution >= 4 is 0 Å².